The Morgan fingerprint density at radius 1 is 0.552 bits per heavy atom. The number of methoxy groups -OCH3 is 2. The Bertz CT molecular complexity index is 1670. The van der Waals surface area contributed by atoms with Crippen molar-refractivity contribution < 1.29 is 90.5 Å². The number of carbonyl (C=O) groups is 4. The fraction of sp³-hybridized carbons (Fsp3) is 0.636. The van der Waals surface area contributed by atoms with Crippen LogP contribution < -0.4 is 52.9 Å². The van der Waals surface area contributed by atoms with Crippen molar-refractivity contribution in [2.24, 2.45) is 11.8 Å². The van der Waals surface area contributed by atoms with Crippen LogP contribution in [0, 0.1) is 11.8 Å². The molecular weight excluding hydrogens is 876 g/mol. The Balaban J connectivity index is 0.00000320. The van der Waals surface area contributed by atoms with Gasteiger partial charge in [0.2, 0.25) is 0 Å². The first-order valence-electron chi connectivity index (χ1n) is 20.6. The molecule has 5 aliphatic rings. The fourth-order valence-electron chi connectivity index (χ4n) is 11.1. The lowest BCUT2D eigenvalue weighted by Crippen LogP contribution is -3.00. The molecule has 1 saturated carbocycles. The van der Waals surface area contributed by atoms with E-state index >= 15 is 0 Å². The number of hydrogen-bond donors (Lipinski definition) is 0. The number of nitrogens with zero attached hydrogens (tertiary/aromatic N) is 2. The van der Waals surface area contributed by atoms with Crippen LogP contribution in [0.1, 0.15) is 102 Å². The van der Waals surface area contributed by atoms with Crippen molar-refractivity contribution in [1.29, 1.82) is 0 Å². The van der Waals surface area contributed by atoms with Crippen LogP contribution in [0.3, 0.4) is 0 Å². The molecule has 4 aliphatic heterocycles. The largest absolute Gasteiger partial charge is 1.00 e. The predicted molar refractivity (Wildman–Crippen MR) is 206 cm³/mol. The van der Waals surface area contributed by atoms with Crippen LogP contribution in [0.2, 0.25) is 0 Å². The highest BCUT2D eigenvalue weighted by molar-refractivity contribution is 5.77. The zero-order valence-electron chi connectivity index (χ0n) is 34.7. The van der Waals surface area contributed by atoms with Gasteiger partial charge in [-0.1, -0.05) is 6.42 Å². The Kier molecular flexibility index (Phi) is 15.0. The standard InChI is InChI=1S/C44H60N2O10.2BrH/c1-27(47)53-39-16-10-29(18-41(39)51-5)25-45(3)33-12-13-34(45)22-37(21-33)55-43(49)31-8-7-9-32(20-31)44(50)56-38-23-35-14-15-36(24-38)46(35,4)26-30-11-17-40(54-28(2)48)42(19-30)52-6;;/h10-11,16-19,31-38H,7-9,12-15,20-26H2,1-6H3;2*1H/q+2;;/p-2. The summed E-state index contributed by atoms with van der Waals surface area (Å²) in [6, 6.07) is 13.0. The van der Waals surface area contributed by atoms with E-state index in [-0.39, 0.29) is 81.9 Å². The number of ether oxygens (including phenoxy) is 6. The quantitative estimate of drug-likeness (QED) is 0.169. The smallest absolute Gasteiger partial charge is 0.309 e. The number of esters is 4. The highest BCUT2D eigenvalue weighted by Crippen LogP contribution is 2.46. The lowest BCUT2D eigenvalue weighted by molar-refractivity contribution is -0.961. The molecule has 2 aromatic carbocycles. The highest BCUT2D eigenvalue weighted by atomic mass is 79.9. The summed E-state index contributed by atoms with van der Waals surface area (Å²) in [5.41, 5.74) is 2.24. The molecule has 12 nitrogen and oxygen atoms in total. The normalized spacial score (nSPS) is 32.1. The van der Waals surface area contributed by atoms with Gasteiger partial charge in [0.1, 0.15) is 25.3 Å². The monoisotopic (exact) mass is 934 g/mol. The van der Waals surface area contributed by atoms with Gasteiger partial charge in [-0.3, -0.25) is 19.2 Å². The minimum Gasteiger partial charge on any atom is -1.00 e. The molecule has 320 valence electrons. The Hall–Kier alpha value is -3.20. The summed E-state index contributed by atoms with van der Waals surface area (Å²) in [7, 11) is 7.78. The van der Waals surface area contributed by atoms with Crippen molar-refractivity contribution in [1.82, 2.24) is 0 Å². The molecule has 2 aromatic rings. The van der Waals surface area contributed by atoms with Gasteiger partial charge >= 0.3 is 23.9 Å². The molecular formula is C44H60Br2N2O10. The number of rotatable bonds is 12. The SMILES string of the molecule is COc1cc(C[N+]2(C)C3CCC2CC(OC(=O)C2CCCC(C(=O)OC4CC5CCC(C4)[N+]5(C)Cc4ccc(OC(C)=O)c(OC)c4)C2)C3)ccc1OC(C)=O.[Br-].[Br-]. The van der Waals surface area contributed by atoms with E-state index in [1.165, 1.54) is 13.8 Å². The number of quaternary nitrogens is 2. The molecule has 0 amide bonds. The van der Waals surface area contributed by atoms with Crippen LogP contribution in [-0.4, -0.2) is 97.5 Å². The molecule has 0 aromatic heterocycles. The number of fused-ring (bicyclic) bond motifs is 4. The molecule has 0 radical (unpaired) electrons. The third kappa shape index (κ3) is 9.71. The van der Waals surface area contributed by atoms with Crippen LogP contribution in [0.4, 0.5) is 0 Å². The van der Waals surface area contributed by atoms with E-state index in [2.05, 4.69) is 14.1 Å². The first kappa shape index (κ1) is 45.9. The lowest BCUT2D eigenvalue weighted by atomic mass is 9.81. The van der Waals surface area contributed by atoms with Gasteiger partial charge < -0.3 is 71.4 Å². The summed E-state index contributed by atoms with van der Waals surface area (Å²) in [5.74, 6) is 0.281. The molecule has 4 heterocycles. The summed E-state index contributed by atoms with van der Waals surface area (Å²) in [4.78, 5) is 50.4. The van der Waals surface area contributed by atoms with E-state index in [1.807, 2.05) is 24.3 Å². The van der Waals surface area contributed by atoms with Crippen molar-refractivity contribution in [2.75, 3.05) is 28.3 Å². The van der Waals surface area contributed by atoms with Crippen LogP contribution in [-0.2, 0) is 41.7 Å². The Morgan fingerprint density at radius 2 is 0.914 bits per heavy atom. The summed E-state index contributed by atoms with van der Waals surface area (Å²) in [5, 5.41) is 0. The second-order valence-corrected chi connectivity index (χ2v) is 17.6. The summed E-state index contributed by atoms with van der Waals surface area (Å²) >= 11 is 0. The molecule has 7 rings (SSSR count). The molecule has 0 spiro atoms. The molecule has 14 heteroatoms. The van der Waals surface area contributed by atoms with Crippen molar-refractivity contribution in [3.63, 3.8) is 0 Å². The Morgan fingerprint density at radius 3 is 1.24 bits per heavy atom. The van der Waals surface area contributed by atoms with Crippen LogP contribution in [0.15, 0.2) is 36.4 Å². The fourth-order valence-corrected chi connectivity index (χ4v) is 11.1. The average molecular weight is 937 g/mol. The van der Waals surface area contributed by atoms with E-state index in [0.717, 1.165) is 104 Å². The maximum Gasteiger partial charge on any atom is 0.309 e. The van der Waals surface area contributed by atoms with Crippen molar-refractivity contribution in [3.05, 3.63) is 47.5 Å². The molecule has 4 bridgehead atoms. The minimum atomic E-state index is -0.384. The van der Waals surface area contributed by atoms with Gasteiger partial charge in [0.15, 0.2) is 23.0 Å². The van der Waals surface area contributed by atoms with Gasteiger partial charge in [-0.25, -0.2) is 0 Å². The zero-order valence-corrected chi connectivity index (χ0v) is 37.9. The molecule has 5 fully saturated rings. The van der Waals surface area contributed by atoms with E-state index < -0.39 is 0 Å². The number of halogens is 2. The zero-order chi connectivity index (χ0) is 39.8. The maximum absolute atomic E-state index is 13.7. The van der Waals surface area contributed by atoms with Gasteiger partial charge in [-0.05, 0) is 55.7 Å². The second-order valence-electron chi connectivity index (χ2n) is 17.6. The van der Waals surface area contributed by atoms with Crippen LogP contribution in [0.5, 0.6) is 23.0 Å². The maximum atomic E-state index is 13.7. The van der Waals surface area contributed by atoms with E-state index in [4.69, 9.17) is 28.4 Å². The van der Waals surface area contributed by atoms with Gasteiger partial charge in [0.25, 0.3) is 0 Å². The van der Waals surface area contributed by atoms with E-state index in [9.17, 15) is 19.2 Å². The predicted octanol–water partition coefficient (Wildman–Crippen LogP) is 0.435. The van der Waals surface area contributed by atoms with E-state index in [1.54, 1.807) is 26.4 Å². The van der Waals surface area contributed by atoms with E-state index in [0.29, 0.717) is 53.6 Å². The first-order valence-corrected chi connectivity index (χ1v) is 20.6. The molecule has 1 aliphatic carbocycles. The van der Waals surface area contributed by atoms with Gasteiger partial charge in [0.05, 0.1) is 64.3 Å². The second kappa shape index (κ2) is 19.0. The molecule has 6 unspecified atom stereocenters. The van der Waals surface area contributed by atoms with Gasteiger partial charge in [-0.2, -0.15) is 0 Å². The third-order valence-electron chi connectivity index (χ3n) is 14.1. The highest BCUT2D eigenvalue weighted by Gasteiger charge is 2.54. The summed E-state index contributed by atoms with van der Waals surface area (Å²) in [6.07, 6.45) is 10.3. The molecule has 0 N–H and O–H groups in total. The average Bonchev–Trinajstić information content (AvgIpc) is 3.38. The Labute approximate surface area is 363 Å². The van der Waals surface area contributed by atoms with Crippen molar-refractivity contribution in [2.45, 2.75) is 140 Å². The number of benzene rings is 2. The third-order valence-corrected chi connectivity index (χ3v) is 14.1. The summed E-state index contributed by atoms with van der Waals surface area (Å²) < 4.78 is 36.0. The molecule has 6 atom stereocenters. The van der Waals surface area contributed by atoms with Crippen molar-refractivity contribution >= 4 is 23.9 Å². The molecule has 4 saturated heterocycles. The topological polar surface area (TPSA) is 124 Å². The summed E-state index contributed by atoms with van der Waals surface area (Å²) in [6.45, 7) is 4.40. The van der Waals surface area contributed by atoms with Crippen LogP contribution >= 0.6 is 0 Å². The first-order chi connectivity index (χ1) is 26.8. The number of carbonyl (C=O) groups excluding carboxylic acids is 4. The van der Waals surface area contributed by atoms with Gasteiger partial charge in [0, 0.05) is 76.3 Å². The molecule has 58 heavy (non-hydrogen) atoms. The lowest BCUT2D eigenvalue weighted by Gasteiger charge is -2.47. The number of hydrogen-bond acceptors (Lipinski definition) is 10. The van der Waals surface area contributed by atoms with Gasteiger partial charge in [-0.15, -0.1) is 0 Å². The number of piperidine rings is 2. The van der Waals surface area contributed by atoms with Crippen LogP contribution in [0.25, 0.3) is 0 Å². The minimum absolute atomic E-state index is 0. The van der Waals surface area contributed by atoms with Crippen molar-refractivity contribution in [3.8, 4) is 23.0 Å².